The van der Waals surface area contributed by atoms with Gasteiger partial charge in [-0.25, -0.2) is 0 Å². The average Bonchev–Trinajstić information content (AvgIpc) is 3.24. The van der Waals surface area contributed by atoms with Crippen molar-refractivity contribution in [3.63, 3.8) is 0 Å². The fourth-order valence-electron chi connectivity index (χ4n) is 7.89. The maximum atomic E-state index is 13.6. The molecule has 18 atom stereocenters. The second-order valence-corrected chi connectivity index (χ2v) is 17.9. The number of allylic oxidation sites excluding steroid dienone is 12. The SMILES string of the molecule is CC(CO)NC(=O)[C@H]1[C@@H]2CC(O[C@@H]3OC[C@@H](O)[C@H](N)[C@@H]3O)/C=C/C=C/C=C/C=C/C=C/C=C/C=C/[C@H](C)[C@@H](O)C[C@H](C)OC(=O)CC(O)CC(O)CCC(O)C(O)CC(O)CC(O)(C[C@@H]1O)O2. The minimum absolute atomic E-state index is 0.101. The highest BCUT2D eigenvalue weighted by Crippen LogP contribution is 2.38. The second kappa shape index (κ2) is 29.5. The zero-order valence-corrected chi connectivity index (χ0v) is 38.6. The summed E-state index contributed by atoms with van der Waals surface area (Å²) in [6.07, 6.45) is 5.25. The van der Waals surface area contributed by atoms with Crippen molar-refractivity contribution in [3.8, 4) is 0 Å². The van der Waals surface area contributed by atoms with Crippen LogP contribution in [0.1, 0.15) is 78.6 Å². The largest absolute Gasteiger partial charge is 0.462 e. The van der Waals surface area contributed by atoms with Crippen LogP contribution in [0.2, 0.25) is 0 Å². The van der Waals surface area contributed by atoms with Crippen molar-refractivity contribution in [3.05, 3.63) is 85.1 Å². The number of fused-ring (bicyclic) bond motifs is 2. The highest BCUT2D eigenvalue weighted by molar-refractivity contribution is 5.80. The minimum Gasteiger partial charge on any atom is -0.462 e. The third kappa shape index (κ3) is 21.0. The van der Waals surface area contributed by atoms with Crippen molar-refractivity contribution >= 4 is 11.9 Å². The number of rotatable bonds is 5. The number of cyclic esters (lactones) is 1. The molecule has 0 radical (unpaired) electrons. The van der Waals surface area contributed by atoms with Crippen LogP contribution in [-0.4, -0.2) is 179 Å². The van der Waals surface area contributed by atoms with Crippen LogP contribution in [0.5, 0.6) is 0 Å². The van der Waals surface area contributed by atoms with Gasteiger partial charge < -0.3 is 86.2 Å². The lowest BCUT2D eigenvalue weighted by Crippen LogP contribution is -2.60. The number of carbonyl (C=O) groups is 2. The first kappa shape index (κ1) is 57.8. The van der Waals surface area contributed by atoms with Crippen LogP contribution in [0, 0.1) is 11.8 Å². The molecule has 2 bridgehead atoms. The number of esters is 1. The Morgan fingerprint density at radius 2 is 1.34 bits per heavy atom. The van der Waals surface area contributed by atoms with Gasteiger partial charge in [0.1, 0.15) is 12.2 Å². The highest BCUT2D eigenvalue weighted by Gasteiger charge is 2.50. The molecule has 19 heteroatoms. The summed E-state index contributed by atoms with van der Waals surface area (Å²) in [5, 5.41) is 121. The molecule has 1 amide bonds. The van der Waals surface area contributed by atoms with E-state index >= 15 is 0 Å². The third-order valence-electron chi connectivity index (χ3n) is 11.7. The number of hydrogen-bond donors (Lipinski definition) is 13. The van der Waals surface area contributed by atoms with Gasteiger partial charge in [-0.05, 0) is 33.1 Å². The van der Waals surface area contributed by atoms with E-state index in [0.717, 1.165) is 0 Å². The van der Waals surface area contributed by atoms with Crippen molar-refractivity contribution in [2.24, 2.45) is 17.6 Å². The quantitative estimate of drug-likeness (QED) is 0.154. The molecular weight excluding hydrogens is 877 g/mol. The Hall–Kier alpha value is -3.48. The zero-order valence-electron chi connectivity index (χ0n) is 38.6. The number of amides is 1. The summed E-state index contributed by atoms with van der Waals surface area (Å²) in [6.45, 7) is 4.30. The van der Waals surface area contributed by atoms with Gasteiger partial charge >= 0.3 is 5.97 Å². The summed E-state index contributed by atoms with van der Waals surface area (Å²) in [4.78, 5) is 26.1. The summed E-state index contributed by atoms with van der Waals surface area (Å²) in [7, 11) is 0. The molecule has 19 nitrogen and oxygen atoms in total. The molecule has 0 aliphatic carbocycles. The molecule has 0 aromatic heterocycles. The van der Waals surface area contributed by atoms with E-state index in [0.29, 0.717) is 0 Å². The molecule has 2 fully saturated rings. The number of nitrogens with two attached hydrogens (primary N) is 1. The number of carbonyl (C=O) groups excluding carboxylic acids is 2. The van der Waals surface area contributed by atoms with Crippen LogP contribution in [0.3, 0.4) is 0 Å². The Morgan fingerprint density at radius 1 is 0.746 bits per heavy atom. The number of ether oxygens (including phenoxy) is 4. The molecule has 3 aliphatic heterocycles. The zero-order chi connectivity index (χ0) is 49.7. The Balaban J connectivity index is 1.90. The van der Waals surface area contributed by atoms with E-state index in [2.05, 4.69) is 5.32 Å². The lowest BCUT2D eigenvalue weighted by Gasteiger charge is -2.46. The van der Waals surface area contributed by atoms with Gasteiger partial charge in [0.2, 0.25) is 5.91 Å². The minimum atomic E-state index is -2.30. The Kier molecular flexibility index (Phi) is 25.5. The fourth-order valence-corrected chi connectivity index (χ4v) is 7.89. The molecule has 0 spiro atoms. The second-order valence-electron chi connectivity index (χ2n) is 17.9. The van der Waals surface area contributed by atoms with Crippen LogP contribution in [-0.2, 0) is 28.5 Å². The van der Waals surface area contributed by atoms with Gasteiger partial charge in [0, 0.05) is 44.1 Å². The summed E-state index contributed by atoms with van der Waals surface area (Å²) < 4.78 is 23.2. The third-order valence-corrected chi connectivity index (χ3v) is 11.7. The van der Waals surface area contributed by atoms with Crippen LogP contribution in [0.4, 0.5) is 0 Å². The standard InChI is InChI=1S/C48H76N2O17/c1-29-16-14-12-10-8-6-4-5-7-9-11-13-15-17-35(66-47-45(61)44(49)40(59)28-64-47)24-41-43(46(62)50-30(2)27-51)39(58)26-48(63,67-41)25-34(54)22-38(57)36(55)19-18-32(52)21-33(53)23-42(60)65-31(3)20-37(29)56/h4-17,29-41,43-45,47,51-59,61,63H,18-28,49H2,1-3H3,(H,50,62)/b5-4+,8-6+,9-7+,12-10+,13-11+,16-14+,17-15+/t29-,30?,31-,32?,33?,34?,35?,36?,37-,38?,39-,40+,41-,43+,44-,45-,47-,48?/m0/s1. The maximum absolute atomic E-state index is 13.6. The number of aliphatic hydroxyl groups excluding tert-OH is 10. The number of hydrogen-bond acceptors (Lipinski definition) is 18. The van der Waals surface area contributed by atoms with E-state index in [1.807, 2.05) is 25.2 Å². The van der Waals surface area contributed by atoms with E-state index in [-0.39, 0.29) is 44.6 Å². The maximum Gasteiger partial charge on any atom is 0.308 e. The van der Waals surface area contributed by atoms with E-state index < -0.39 is 147 Å². The Morgan fingerprint density at radius 3 is 1.96 bits per heavy atom. The number of aliphatic hydroxyl groups is 11. The molecule has 0 saturated carbocycles. The molecule has 2 saturated heterocycles. The first-order valence-electron chi connectivity index (χ1n) is 23.1. The van der Waals surface area contributed by atoms with Gasteiger partial charge in [-0.2, -0.15) is 0 Å². The summed E-state index contributed by atoms with van der Waals surface area (Å²) in [5.41, 5.74) is 5.99. The monoisotopic (exact) mass is 953 g/mol. The fraction of sp³-hybridized carbons (Fsp3) is 0.667. The lowest BCUT2D eigenvalue weighted by molar-refractivity contribution is -0.304. The van der Waals surface area contributed by atoms with Crippen LogP contribution in [0.15, 0.2) is 85.1 Å². The first-order chi connectivity index (χ1) is 31.7. The predicted octanol–water partition coefficient (Wildman–Crippen LogP) is -0.510. The van der Waals surface area contributed by atoms with Gasteiger partial charge in [-0.15, -0.1) is 0 Å². The molecule has 0 aromatic carbocycles. The van der Waals surface area contributed by atoms with Crippen LogP contribution >= 0.6 is 0 Å². The van der Waals surface area contributed by atoms with Gasteiger partial charge in [0.25, 0.3) is 0 Å². The van der Waals surface area contributed by atoms with Crippen molar-refractivity contribution in [2.45, 2.75) is 176 Å². The van der Waals surface area contributed by atoms with Crippen molar-refractivity contribution in [2.75, 3.05) is 13.2 Å². The van der Waals surface area contributed by atoms with Crippen molar-refractivity contribution in [1.82, 2.24) is 5.32 Å². The highest BCUT2D eigenvalue weighted by atomic mass is 16.7. The summed E-state index contributed by atoms with van der Waals surface area (Å²) >= 11 is 0. The van der Waals surface area contributed by atoms with Crippen LogP contribution < -0.4 is 11.1 Å². The van der Waals surface area contributed by atoms with Crippen molar-refractivity contribution in [1.29, 1.82) is 0 Å². The Labute approximate surface area is 392 Å². The molecular formula is C48H76N2O17. The molecule has 14 N–H and O–H groups in total. The topological polar surface area (TPSA) is 332 Å². The molecule has 8 unspecified atom stereocenters. The van der Waals surface area contributed by atoms with Crippen molar-refractivity contribution < 1.29 is 84.7 Å². The smallest absolute Gasteiger partial charge is 0.308 e. The van der Waals surface area contributed by atoms with Gasteiger partial charge in [0.15, 0.2) is 12.1 Å². The van der Waals surface area contributed by atoms with E-state index in [9.17, 15) is 65.8 Å². The number of nitrogens with one attached hydrogen (secondary N) is 1. The molecule has 380 valence electrons. The molecule has 0 aromatic rings. The van der Waals surface area contributed by atoms with Crippen LogP contribution in [0.25, 0.3) is 0 Å². The molecule has 3 rings (SSSR count). The normalized spacial score (nSPS) is 42.7. The molecule has 67 heavy (non-hydrogen) atoms. The van der Waals surface area contributed by atoms with E-state index in [1.165, 1.54) is 6.92 Å². The van der Waals surface area contributed by atoms with Gasteiger partial charge in [-0.3, -0.25) is 9.59 Å². The molecule has 3 aliphatic rings. The van der Waals surface area contributed by atoms with Gasteiger partial charge in [0.05, 0.1) is 92.6 Å². The summed E-state index contributed by atoms with van der Waals surface area (Å²) in [6, 6.07) is -1.85. The average molecular weight is 953 g/mol. The first-order valence-corrected chi connectivity index (χ1v) is 23.1. The Bertz CT molecular complexity index is 1690. The van der Waals surface area contributed by atoms with E-state index in [1.54, 1.807) is 73.8 Å². The predicted molar refractivity (Wildman–Crippen MR) is 245 cm³/mol. The van der Waals surface area contributed by atoms with E-state index in [4.69, 9.17) is 24.7 Å². The molecule has 3 heterocycles. The summed E-state index contributed by atoms with van der Waals surface area (Å²) in [5.74, 6) is -5.36. The lowest BCUT2D eigenvalue weighted by atomic mass is 9.82. The van der Waals surface area contributed by atoms with Gasteiger partial charge in [-0.1, -0.05) is 92.0 Å².